The second-order valence-corrected chi connectivity index (χ2v) is 8.37. The number of methoxy groups -OCH3 is 1. The van der Waals surface area contributed by atoms with E-state index in [1.807, 2.05) is 24.3 Å². The predicted octanol–water partition coefficient (Wildman–Crippen LogP) is 6.11. The summed E-state index contributed by atoms with van der Waals surface area (Å²) in [5, 5.41) is 1.39. The van der Waals surface area contributed by atoms with Gasteiger partial charge in [0.1, 0.15) is 5.76 Å². The minimum Gasteiger partial charge on any atom is -0.493 e. The molecule has 2 aromatic carbocycles. The maximum atomic E-state index is 13.6. The van der Waals surface area contributed by atoms with Crippen LogP contribution in [0.1, 0.15) is 27.4 Å². The predicted molar refractivity (Wildman–Crippen MR) is 121 cm³/mol. The Hall–Kier alpha value is -3.58. The van der Waals surface area contributed by atoms with Gasteiger partial charge in [-0.3, -0.25) is 9.69 Å². The van der Waals surface area contributed by atoms with Crippen LogP contribution in [0.3, 0.4) is 0 Å². The lowest BCUT2D eigenvalue weighted by atomic mass is 10.1. The van der Waals surface area contributed by atoms with Crippen molar-refractivity contribution in [3.05, 3.63) is 77.4 Å². The van der Waals surface area contributed by atoms with Gasteiger partial charge in [0.05, 0.1) is 30.1 Å². The van der Waals surface area contributed by atoms with Crippen molar-refractivity contribution < 1.29 is 18.4 Å². The standard InChI is InChI=1S/C24H20N2O4S/c1-14-10-18-21(11-15(14)2)31-24(25-18)26(13-17-7-5-9-29-17)23(27)20-12-16-6-4-8-19(28-3)22(16)30-20/h4-12H,13H2,1-3H3. The van der Waals surface area contributed by atoms with Gasteiger partial charge in [0, 0.05) is 5.39 Å². The zero-order valence-corrected chi connectivity index (χ0v) is 18.2. The molecule has 0 saturated carbocycles. The second kappa shape index (κ2) is 7.59. The zero-order chi connectivity index (χ0) is 21.5. The van der Waals surface area contributed by atoms with E-state index in [0.29, 0.717) is 22.2 Å². The molecule has 156 valence electrons. The van der Waals surface area contributed by atoms with Crippen molar-refractivity contribution in [2.45, 2.75) is 20.4 Å². The number of para-hydroxylation sites is 1. The van der Waals surface area contributed by atoms with Crippen molar-refractivity contribution >= 4 is 43.6 Å². The number of furan rings is 2. The number of aromatic nitrogens is 1. The molecule has 0 aliphatic rings. The summed E-state index contributed by atoms with van der Waals surface area (Å²) < 4.78 is 17.8. The van der Waals surface area contributed by atoms with E-state index < -0.39 is 0 Å². The van der Waals surface area contributed by atoms with Crippen LogP contribution in [0.4, 0.5) is 5.13 Å². The molecule has 0 atom stereocenters. The van der Waals surface area contributed by atoms with Gasteiger partial charge < -0.3 is 13.6 Å². The number of fused-ring (bicyclic) bond motifs is 2. The molecular weight excluding hydrogens is 412 g/mol. The first-order chi connectivity index (χ1) is 15.0. The van der Waals surface area contributed by atoms with Crippen LogP contribution in [0.15, 0.2) is 63.6 Å². The van der Waals surface area contributed by atoms with Crippen molar-refractivity contribution in [3.63, 3.8) is 0 Å². The van der Waals surface area contributed by atoms with Crippen LogP contribution in [0, 0.1) is 13.8 Å². The third kappa shape index (κ3) is 3.47. The lowest BCUT2D eigenvalue weighted by molar-refractivity contribution is 0.0958. The Labute approximate surface area is 182 Å². The highest BCUT2D eigenvalue weighted by Gasteiger charge is 2.26. The summed E-state index contributed by atoms with van der Waals surface area (Å²) in [6.07, 6.45) is 1.59. The summed E-state index contributed by atoms with van der Waals surface area (Å²) in [7, 11) is 1.58. The number of thiazole rings is 1. The molecule has 0 saturated heterocycles. The van der Waals surface area contributed by atoms with Crippen LogP contribution < -0.4 is 9.64 Å². The van der Waals surface area contributed by atoms with Gasteiger partial charge in [-0.1, -0.05) is 23.5 Å². The molecule has 5 rings (SSSR count). The van der Waals surface area contributed by atoms with Gasteiger partial charge in [0.15, 0.2) is 22.2 Å². The molecular formula is C24H20N2O4S. The van der Waals surface area contributed by atoms with Crippen LogP contribution >= 0.6 is 11.3 Å². The van der Waals surface area contributed by atoms with Crippen molar-refractivity contribution in [1.29, 1.82) is 0 Å². The van der Waals surface area contributed by atoms with E-state index in [1.54, 1.807) is 36.5 Å². The van der Waals surface area contributed by atoms with Crippen LogP contribution in [-0.4, -0.2) is 18.0 Å². The largest absolute Gasteiger partial charge is 0.493 e. The SMILES string of the molecule is COc1cccc2cc(C(=O)N(Cc3ccco3)c3nc4cc(C)c(C)cc4s3)oc12. The van der Waals surface area contributed by atoms with E-state index in [9.17, 15) is 4.79 Å². The monoisotopic (exact) mass is 432 g/mol. The third-order valence-electron chi connectivity index (χ3n) is 5.30. The average Bonchev–Trinajstić information content (AvgIpc) is 3.50. The molecule has 0 bridgehead atoms. The molecule has 31 heavy (non-hydrogen) atoms. The fraction of sp³-hybridized carbons (Fsp3) is 0.167. The lowest BCUT2D eigenvalue weighted by Gasteiger charge is -2.17. The van der Waals surface area contributed by atoms with E-state index >= 15 is 0 Å². The molecule has 0 N–H and O–H groups in total. The highest BCUT2D eigenvalue weighted by atomic mass is 32.1. The number of carbonyl (C=O) groups excluding carboxylic acids is 1. The van der Waals surface area contributed by atoms with Crippen LogP contribution in [0.5, 0.6) is 5.75 Å². The van der Waals surface area contributed by atoms with Gasteiger partial charge in [-0.2, -0.15) is 0 Å². The topological polar surface area (TPSA) is 68.7 Å². The van der Waals surface area contributed by atoms with Crippen molar-refractivity contribution in [2.75, 3.05) is 12.0 Å². The zero-order valence-electron chi connectivity index (χ0n) is 17.3. The number of benzene rings is 2. The Kier molecular flexibility index (Phi) is 4.75. The van der Waals surface area contributed by atoms with Crippen molar-refractivity contribution in [1.82, 2.24) is 4.98 Å². The Morgan fingerprint density at radius 3 is 2.74 bits per heavy atom. The van der Waals surface area contributed by atoms with E-state index in [4.69, 9.17) is 18.6 Å². The Balaban J connectivity index is 1.60. The summed E-state index contributed by atoms with van der Waals surface area (Å²) in [6.45, 7) is 4.38. The third-order valence-corrected chi connectivity index (χ3v) is 6.34. The van der Waals surface area contributed by atoms with Crippen molar-refractivity contribution in [2.24, 2.45) is 0 Å². The molecule has 1 amide bonds. The number of amides is 1. The maximum Gasteiger partial charge on any atom is 0.296 e. The molecule has 7 heteroatoms. The van der Waals surface area contributed by atoms with E-state index in [1.165, 1.54) is 16.9 Å². The minimum atomic E-state index is -0.290. The number of carbonyl (C=O) groups is 1. The number of rotatable bonds is 5. The lowest BCUT2D eigenvalue weighted by Crippen LogP contribution is -2.29. The highest BCUT2D eigenvalue weighted by Crippen LogP contribution is 2.34. The summed E-state index contributed by atoms with van der Waals surface area (Å²) in [5.74, 6) is 1.17. The first-order valence-electron chi connectivity index (χ1n) is 9.82. The minimum absolute atomic E-state index is 0.220. The molecule has 6 nitrogen and oxygen atoms in total. The number of anilines is 1. The second-order valence-electron chi connectivity index (χ2n) is 7.36. The molecule has 0 aliphatic carbocycles. The van der Waals surface area contributed by atoms with Gasteiger partial charge in [0.2, 0.25) is 0 Å². The van der Waals surface area contributed by atoms with Gasteiger partial charge in [0.25, 0.3) is 5.91 Å². The molecule has 3 heterocycles. The summed E-state index contributed by atoms with van der Waals surface area (Å²) >= 11 is 1.47. The quantitative estimate of drug-likeness (QED) is 0.335. The van der Waals surface area contributed by atoms with Crippen LogP contribution in [0.25, 0.3) is 21.2 Å². The van der Waals surface area contributed by atoms with Gasteiger partial charge in [-0.15, -0.1) is 0 Å². The van der Waals surface area contributed by atoms with Gasteiger partial charge in [-0.05, 0) is 61.4 Å². The van der Waals surface area contributed by atoms with Gasteiger partial charge in [-0.25, -0.2) is 4.98 Å². The molecule has 5 aromatic rings. The molecule has 0 radical (unpaired) electrons. The van der Waals surface area contributed by atoms with Crippen molar-refractivity contribution in [3.8, 4) is 5.75 Å². The Bertz CT molecular complexity index is 1360. The van der Waals surface area contributed by atoms with E-state index in [0.717, 1.165) is 21.2 Å². The number of aryl methyl sites for hydroxylation is 2. The molecule has 3 aromatic heterocycles. The first-order valence-corrected chi connectivity index (χ1v) is 10.6. The van der Waals surface area contributed by atoms with Crippen LogP contribution in [0.2, 0.25) is 0 Å². The summed E-state index contributed by atoms with van der Waals surface area (Å²) in [4.78, 5) is 19.9. The summed E-state index contributed by atoms with van der Waals surface area (Å²) in [5.41, 5.74) is 3.77. The Morgan fingerprint density at radius 2 is 1.97 bits per heavy atom. The first kappa shape index (κ1) is 19.4. The molecule has 0 spiro atoms. The summed E-state index contributed by atoms with van der Waals surface area (Å²) in [6, 6.07) is 15.1. The van der Waals surface area contributed by atoms with E-state index in [2.05, 4.69) is 19.9 Å². The van der Waals surface area contributed by atoms with Gasteiger partial charge >= 0.3 is 0 Å². The average molecular weight is 433 g/mol. The molecule has 0 aliphatic heterocycles. The maximum absolute atomic E-state index is 13.6. The Morgan fingerprint density at radius 1 is 1.13 bits per heavy atom. The number of nitrogens with zero attached hydrogens (tertiary/aromatic N) is 2. The number of hydrogen-bond acceptors (Lipinski definition) is 6. The number of ether oxygens (including phenoxy) is 1. The van der Waals surface area contributed by atoms with Crippen LogP contribution in [-0.2, 0) is 6.54 Å². The fourth-order valence-electron chi connectivity index (χ4n) is 3.50. The highest BCUT2D eigenvalue weighted by molar-refractivity contribution is 7.22. The van der Waals surface area contributed by atoms with E-state index in [-0.39, 0.29) is 18.2 Å². The fourth-order valence-corrected chi connectivity index (χ4v) is 4.55. The molecule has 0 unspecified atom stereocenters. The normalized spacial score (nSPS) is 11.3. The smallest absolute Gasteiger partial charge is 0.296 e. The molecule has 0 fully saturated rings. The number of hydrogen-bond donors (Lipinski definition) is 0.